The number of hydrogen-bond donors (Lipinski definition) is 1. The van der Waals surface area contributed by atoms with Crippen molar-refractivity contribution in [3.05, 3.63) is 77.4 Å². The average Bonchev–Trinajstić information content (AvgIpc) is 3.16. The van der Waals surface area contributed by atoms with Crippen molar-refractivity contribution in [2.45, 2.75) is 38.4 Å². The number of rotatable bonds is 4. The first kappa shape index (κ1) is 21.8. The number of fused-ring (bicyclic) bond motifs is 2. The van der Waals surface area contributed by atoms with Crippen LogP contribution in [0.15, 0.2) is 60.7 Å². The fourth-order valence-electron chi connectivity index (χ4n) is 4.82. The minimum absolute atomic E-state index is 0.0647. The average molecular weight is 456 g/mol. The van der Waals surface area contributed by atoms with Crippen LogP contribution in [0.5, 0.6) is 0 Å². The Labute approximate surface area is 197 Å². The predicted octanol–water partition coefficient (Wildman–Crippen LogP) is 4.15. The van der Waals surface area contributed by atoms with Crippen molar-refractivity contribution in [3.8, 4) is 0 Å². The molecule has 7 heteroatoms. The van der Waals surface area contributed by atoms with Gasteiger partial charge in [-0.1, -0.05) is 42.5 Å². The Morgan fingerprint density at radius 2 is 1.82 bits per heavy atom. The summed E-state index contributed by atoms with van der Waals surface area (Å²) in [5.41, 5.74) is 2.97. The van der Waals surface area contributed by atoms with Crippen LogP contribution in [0.1, 0.15) is 40.7 Å². The maximum absolute atomic E-state index is 13.0. The van der Waals surface area contributed by atoms with Crippen molar-refractivity contribution in [1.82, 2.24) is 9.80 Å². The summed E-state index contributed by atoms with van der Waals surface area (Å²) in [5, 5.41) is 5.08. The van der Waals surface area contributed by atoms with Crippen LogP contribution in [0.25, 0.3) is 10.8 Å². The van der Waals surface area contributed by atoms with Crippen molar-refractivity contribution in [1.29, 1.82) is 0 Å². The molecule has 1 fully saturated rings. The second-order valence-electron chi connectivity index (χ2n) is 8.96. The van der Waals surface area contributed by atoms with Crippen molar-refractivity contribution >= 4 is 40.0 Å². The van der Waals surface area contributed by atoms with E-state index < -0.39 is 6.04 Å². The third-order valence-electron chi connectivity index (χ3n) is 6.66. The van der Waals surface area contributed by atoms with Gasteiger partial charge in [0, 0.05) is 37.8 Å². The summed E-state index contributed by atoms with van der Waals surface area (Å²) in [5.74, 6) is -0.441. The lowest BCUT2D eigenvalue weighted by Crippen LogP contribution is -2.44. The quantitative estimate of drug-likeness (QED) is 0.599. The van der Waals surface area contributed by atoms with Gasteiger partial charge in [0.15, 0.2) is 5.78 Å². The number of nitrogens with one attached hydrogen (secondary N) is 1. The normalized spacial score (nSPS) is 17.7. The first-order valence-corrected chi connectivity index (χ1v) is 11.4. The smallest absolute Gasteiger partial charge is 0.321 e. The number of hydrogen-bond acceptors (Lipinski definition) is 4. The van der Waals surface area contributed by atoms with E-state index in [2.05, 4.69) is 5.32 Å². The zero-order valence-corrected chi connectivity index (χ0v) is 18.9. The fraction of sp³-hybridized carbons (Fsp3) is 0.259. The van der Waals surface area contributed by atoms with Gasteiger partial charge in [-0.05, 0) is 46.5 Å². The van der Waals surface area contributed by atoms with Crippen LogP contribution >= 0.6 is 0 Å². The number of benzene rings is 3. The minimum Gasteiger partial charge on any atom is -0.324 e. The van der Waals surface area contributed by atoms with Gasteiger partial charge in [-0.2, -0.15) is 0 Å². The van der Waals surface area contributed by atoms with Gasteiger partial charge >= 0.3 is 6.03 Å². The van der Waals surface area contributed by atoms with Gasteiger partial charge in [0.05, 0.1) is 12.5 Å². The number of ketones is 2. The predicted molar refractivity (Wildman–Crippen MR) is 128 cm³/mol. The molecular formula is C27H25N3O4. The number of carbonyl (C=O) groups excluding carboxylic acids is 4. The molecule has 3 aromatic carbocycles. The molecule has 5 rings (SSSR count). The second kappa shape index (κ2) is 8.74. The molecule has 0 radical (unpaired) electrons. The van der Waals surface area contributed by atoms with Crippen LogP contribution < -0.4 is 5.32 Å². The molecule has 1 aliphatic carbocycles. The molecule has 2 aliphatic rings. The first-order valence-electron chi connectivity index (χ1n) is 11.4. The van der Waals surface area contributed by atoms with Gasteiger partial charge in [-0.15, -0.1) is 0 Å². The summed E-state index contributed by atoms with van der Waals surface area (Å²) in [6, 6.07) is 18.4. The van der Waals surface area contributed by atoms with E-state index in [1.807, 2.05) is 48.5 Å². The molecule has 7 nitrogen and oxygen atoms in total. The highest BCUT2D eigenvalue weighted by Gasteiger charge is 2.39. The Balaban J connectivity index is 1.30. The summed E-state index contributed by atoms with van der Waals surface area (Å²) in [6.07, 6.45) is 0.594. The monoisotopic (exact) mass is 455 g/mol. The second-order valence-corrected chi connectivity index (χ2v) is 8.96. The van der Waals surface area contributed by atoms with Crippen LogP contribution in [-0.4, -0.2) is 46.4 Å². The molecule has 1 heterocycles. The molecule has 3 aromatic rings. The number of anilines is 1. The Bertz CT molecular complexity index is 1330. The minimum atomic E-state index is -0.556. The fourth-order valence-corrected chi connectivity index (χ4v) is 4.82. The highest BCUT2D eigenvalue weighted by Crippen LogP contribution is 2.31. The van der Waals surface area contributed by atoms with E-state index in [0.717, 1.165) is 21.9 Å². The number of urea groups is 1. The Kier molecular flexibility index (Phi) is 5.61. The Hall–Kier alpha value is -4.00. The van der Waals surface area contributed by atoms with Crippen molar-refractivity contribution < 1.29 is 19.2 Å². The van der Waals surface area contributed by atoms with E-state index in [4.69, 9.17) is 0 Å². The molecule has 0 aromatic heterocycles. The third kappa shape index (κ3) is 4.05. The van der Waals surface area contributed by atoms with Gasteiger partial charge in [-0.25, -0.2) is 4.79 Å². The van der Waals surface area contributed by atoms with E-state index in [0.29, 0.717) is 37.2 Å². The van der Waals surface area contributed by atoms with E-state index in [-0.39, 0.29) is 29.9 Å². The molecule has 1 unspecified atom stereocenters. The highest BCUT2D eigenvalue weighted by molar-refractivity contribution is 6.07. The number of nitrogens with zero attached hydrogens (tertiary/aromatic N) is 2. The van der Waals surface area contributed by atoms with Gasteiger partial charge < -0.3 is 15.1 Å². The van der Waals surface area contributed by atoms with Gasteiger partial charge in [0.2, 0.25) is 0 Å². The summed E-state index contributed by atoms with van der Waals surface area (Å²) in [4.78, 5) is 53.1. The van der Waals surface area contributed by atoms with E-state index in [1.165, 1.54) is 0 Å². The lowest BCUT2D eigenvalue weighted by Gasteiger charge is -2.29. The van der Waals surface area contributed by atoms with Crippen LogP contribution in [0.4, 0.5) is 10.5 Å². The number of carbonyl (C=O) groups is 4. The molecule has 3 amide bonds. The molecule has 0 bridgehead atoms. The van der Waals surface area contributed by atoms with Crippen LogP contribution in [0, 0.1) is 0 Å². The topological polar surface area (TPSA) is 86.8 Å². The molecule has 1 aliphatic heterocycles. The summed E-state index contributed by atoms with van der Waals surface area (Å²) >= 11 is 0. The molecule has 0 spiro atoms. The van der Waals surface area contributed by atoms with E-state index >= 15 is 0 Å². The molecular weight excluding hydrogens is 430 g/mol. The van der Waals surface area contributed by atoms with Gasteiger partial charge in [-0.3, -0.25) is 14.4 Å². The summed E-state index contributed by atoms with van der Waals surface area (Å²) in [6.45, 7) is 0.635. The lowest BCUT2D eigenvalue weighted by atomic mass is 9.92. The van der Waals surface area contributed by atoms with Gasteiger partial charge in [0.1, 0.15) is 5.78 Å². The number of amides is 3. The molecule has 34 heavy (non-hydrogen) atoms. The Morgan fingerprint density at radius 3 is 2.62 bits per heavy atom. The van der Waals surface area contributed by atoms with Crippen LogP contribution in [0.3, 0.4) is 0 Å². The molecule has 1 N–H and O–H groups in total. The highest BCUT2D eigenvalue weighted by atomic mass is 16.2. The first-order chi connectivity index (χ1) is 16.4. The van der Waals surface area contributed by atoms with Crippen molar-refractivity contribution in [2.75, 3.05) is 12.4 Å². The number of Topliss-reactive ketones (excluding diaryl/α,β-unsaturated/α-hetero) is 2. The standard InChI is InChI=1S/C27H25N3O4/c1-29(27(34)28-20-10-9-17-5-2-3-6-18(17)13-20)15-19-7-4-8-22-23(19)16-30(26(22)33)24-12-11-21(31)14-25(24)32/h2-10,13,24H,11-12,14-16H2,1H3,(H,28,34). The maximum atomic E-state index is 13.0. The van der Waals surface area contributed by atoms with E-state index in [9.17, 15) is 19.2 Å². The van der Waals surface area contributed by atoms with E-state index in [1.54, 1.807) is 29.0 Å². The summed E-state index contributed by atoms with van der Waals surface area (Å²) in [7, 11) is 1.71. The molecule has 1 saturated carbocycles. The molecule has 1 atom stereocenters. The zero-order valence-electron chi connectivity index (χ0n) is 18.9. The Morgan fingerprint density at radius 1 is 1.03 bits per heavy atom. The van der Waals surface area contributed by atoms with Gasteiger partial charge in [0.25, 0.3) is 5.91 Å². The summed E-state index contributed by atoms with van der Waals surface area (Å²) < 4.78 is 0. The van der Waals surface area contributed by atoms with Crippen molar-refractivity contribution in [3.63, 3.8) is 0 Å². The lowest BCUT2D eigenvalue weighted by molar-refractivity contribution is -0.133. The van der Waals surface area contributed by atoms with Crippen LogP contribution in [-0.2, 0) is 22.7 Å². The molecule has 172 valence electrons. The largest absolute Gasteiger partial charge is 0.324 e. The third-order valence-corrected chi connectivity index (χ3v) is 6.66. The van der Waals surface area contributed by atoms with Crippen LogP contribution in [0.2, 0.25) is 0 Å². The SMILES string of the molecule is CN(Cc1cccc2c1CN(C1CCC(=O)CC1=O)C2=O)C(=O)Nc1ccc2ccccc2c1. The van der Waals surface area contributed by atoms with Crippen molar-refractivity contribution in [2.24, 2.45) is 0 Å². The molecule has 0 saturated heterocycles. The maximum Gasteiger partial charge on any atom is 0.321 e. The zero-order chi connectivity index (χ0) is 23.8.